The van der Waals surface area contributed by atoms with E-state index in [4.69, 9.17) is 21.1 Å². The van der Waals surface area contributed by atoms with Crippen molar-refractivity contribution in [3.05, 3.63) is 71.3 Å². The van der Waals surface area contributed by atoms with Gasteiger partial charge in [0.15, 0.2) is 0 Å². The molecular weight excluding hydrogens is 354 g/mol. The number of esters is 1. The van der Waals surface area contributed by atoms with Gasteiger partial charge >= 0.3 is 5.97 Å². The summed E-state index contributed by atoms with van der Waals surface area (Å²) in [6.07, 6.45) is 2.60. The largest absolute Gasteiger partial charge is 0.487 e. The fourth-order valence-electron chi connectivity index (χ4n) is 2.15. The van der Waals surface area contributed by atoms with Gasteiger partial charge in [-0.1, -0.05) is 29.8 Å². The van der Waals surface area contributed by atoms with E-state index < -0.39 is 5.97 Å². The van der Waals surface area contributed by atoms with Gasteiger partial charge in [-0.25, -0.2) is 4.79 Å². The highest BCUT2D eigenvalue weighted by Gasteiger charge is 2.10. The molecule has 0 aliphatic rings. The van der Waals surface area contributed by atoms with E-state index in [-0.39, 0.29) is 12.0 Å². The van der Waals surface area contributed by atoms with Gasteiger partial charge in [-0.05, 0) is 44.2 Å². The highest BCUT2D eigenvalue weighted by molar-refractivity contribution is 6.34. The molecule has 1 N–H and O–H groups in total. The van der Waals surface area contributed by atoms with Crippen LogP contribution in [0.4, 0.5) is 5.69 Å². The van der Waals surface area contributed by atoms with Crippen LogP contribution in [0.5, 0.6) is 5.75 Å². The Morgan fingerprint density at radius 1 is 1.19 bits per heavy atom. The lowest BCUT2D eigenvalue weighted by Crippen LogP contribution is -2.13. The summed E-state index contributed by atoms with van der Waals surface area (Å²) in [5.74, 6) is -0.158. The van der Waals surface area contributed by atoms with Crippen LogP contribution in [0.15, 0.2) is 60.7 Å². The van der Waals surface area contributed by atoms with E-state index in [2.05, 4.69) is 5.32 Å². The number of hydrogen-bond donors (Lipinski definition) is 1. The molecule has 136 valence electrons. The molecule has 1 unspecified atom stereocenters. The number of carbonyl (C=O) groups is 2. The maximum atomic E-state index is 12.3. The third-order valence-corrected chi connectivity index (χ3v) is 3.65. The Labute approximate surface area is 157 Å². The minimum atomic E-state index is -0.413. The van der Waals surface area contributed by atoms with Crippen LogP contribution in [0, 0.1) is 0 Å². The first-order chi connectivity index (χ1) is 12.5. The van der Waals surface area contributed by atoms with Crippen molar-refractivity contribution >= 4 is 29.2 Å². The second-order valence-corrected chi connectivity index (χ2v) is 5.80. The fraction of sp³-hybridized carbons (Fsp3) is 0.200. The van der Waals surface area contributed by atoms with Crippen molar-refractivity contribution in [2.75, 3.05) is 11.9 Å². The van der Waals surface area contributed by atoms with Crippen LogP contribution in [-0.4, -0.2) is 24.6 Å². The monoisotopic (exact) mass is 373 g/mol. The second kappa shape index (κ2) is 9.63. The molecule has 0 aliphatic carbocycles. The molecule has 2 aromatic carbocycles. The summed E-state index contributed by atoms with van der Waals surface area (Å²) in [6, 6.07) is 13.8. The van der Waals surface area contributed by atoms with Crippen molar-refractivity contribution in [2.45, 2.75) is 20.0 Å². The lowest BCUT2D eigenvalue weighted by atomic mass is 10.2. The van der Waals surface area contributed by atoms with Crippen molar-refractivity contribution in [2.24, 2.45) is 0 Å². The number of hydrogen-bond acceptors (Lipinski definition) is 4. The number of benzene rings is 2. The summed E-state index contributed by atoms with van der Waals surface area (Å²) in [7, 11) is 0. The summed E-state index contributed by atoms with van der Waals surface area (Å²) < 4.78 is 10.5. The van der Waals surface area contributed by atoms with Crippen molar-refractivity contribution in [3.63, 3.8) is 0 Å². The molecule has 6 heteroatoms. The van der Waals surface area contributed by atoms with Gasteiger partial charge in [-0.3, -0.25) is 4.79 Å². The van der Waals surface area contributed by atoms with E-state index in [1.54, 1.807) is 68.5 Å². The SMILES string of the molecule is CCOC(=O)C=CC(C)Oc1cccc(NC(=O)c2ccccc2Cl)c1. The molecule has 0 heterocycles. The van der Waals surface area contributed by atoms with Crippen LogP contribution in [0.25, 0.3) is 0 Å². The highest BCUT2D eigenvalue weighted by atomic mass is 35.5. The average molecular weight is 374 g/mol. The first kappa shape index (κ1) is 19.5. The molecule has 0 radical (unpaired) electrons. The Morgan fingerprint density at radius 2 is 1.96 bits per heavy atom. The third-order valence-electron chi connectivity index (χ3n) is 3.32. The fourth-order valence-corrected chi connectivity index (χ4v) is 2.37. The smallest absolute Gasteiger partial charge is 0.330 e. The average Bonchev–Trinajstić information content (AvgIpc) is 2.61. The minimum absolute atomic E-state index is 0.303. The van der Waals surface area contributed by atoms with Crippen LogP contribution >= 0.6 is 11.6 Å². The standard InChI is InChI=1S/C20H20ClNO4/c1-3-25-19(23)12-11-14(2)26-16-8-6-7-15(13-16)22-20(24)17-9-4-5-10-18(17)21/h4-14H,3H2,1-2H3,(H,22,24). The number of carbonyl (C=O) groups excluding carboxylic acids is 2. The molecule has 1 atom stereocenters. The molecule has 0 spiro atoms. The van der Waals surface area contributed by atoms with Crippen molar-refractivity contribution in [1.29, 1.82) is 0 Å². The number of anilines is 1. The van der Waals surface area contributed by atoms with Gasteiger partial charge in [0.05, 0.1) is 17.2 Å². The predicted molar refractivity (Wildman–Crippen MR) is 102 cm³/mol. The third kappa shape index (κ3) is 5.93. The summed E-state index contributed by atoms with van der Waals surface area (Å²) in [5, 5.41) is 3.17. The topological polar surface area (TPSA) is 64.6 Å². The normalized spacial score (nSPS) is 11.8. The van der Waals surface area contributed by atoms with E-state index in [9.17, 15) is 9.59 Å². The van der Waals surface area contributed by atoms with Gasteiger partial charge in [-0.2, -0.15) is 0 Å². The molecule has 5 nitrogen and oxygen atoms in total. The van der Waals surface area contributed by atoms with E-state index in [1.807, 2.05) is 0 Å². The zero-order valence-electron chi connectivity index (χ0n) is 14.6. The number of halogens is 1. The number of nitrogens with one attached hydrogen (secondary N) is 1. The van der Waals surface area contributed by atoms with Crippen LogP contribution in [0.1, 0.15) is 24.2 Å². The Kier molecular flexibility index (Phi) is 7.24. The van der Waals surface area contributed by atoms with E-state index in [0.717, 1.165) is 0 Å². The van der Waals surface area contributed by atoms with Crippen LogP contribution in [-0.2, 0) is 9.53 Å². The van der Waals surface area contributed by atoms with E-state index >= 15 is 0 Å². The van der Waals surface area contributed by atoms with Gasteiger partial charge in [-0.15, -0.1) is 0 Å². The van der Waals surface area contributed by atoms with Crippen LogP contribution in [0.3, 0.4) is 0 Å². The Balaban J connectivity index is 2.00. The zero-order chi connectivity index (χ0) is 18.9. The first-order valence-electron chi connectivity index (χ1n) is 8.17. The molecule has 0 aliphatic heterocycles. The Hall–Kier alpha value is -2.79. The van der Waals surface area contributed by atoms with E-state index in [1.165, 1.54) is 6.08 Å². The number of ether oxygens (including phenoxy) is 2. The van der Waals surface area contributed by atoms with Gasteiger partial charge in [0.25, 0.3) is 5.91 Å². The molecule has 0 saturated heterocycles. The lowest BCUT2D eigenvalue weighted by molar-refractivity contribution is -0.137. The molecule has 0 aromatic heterocycles. The molecule has 1 amide bonds. The summed E-state index contributed by atoms with van der Waals surface area (Å²) >= 11 is 6.04. The van der Waals surface area contributed by atoms with Gasteiger partial charge in [0.1, 0.15) is 11.9 Å². The predicted octanol–water partition coefficient (Wildman–Crippen LogP) is 4.48. The molecule has 2 aromatic rings. The molecular formula is C20H20ClNO4. The van der Waals surface area contributed by atoms with Crippen LogP contribution in [0.2, 0.25) is 5.02 Å². The Morgan fingerprint density at radius 3 is 2.69 bits per heavy atom. The van der Waals surface area contributed by atoms with Crippen LogP contribution < -0.4 is 10.1 Å². The highest BCUT2D eigenvalue weighted by Crippen LogP contribution is 2.21. The van der Waals surface area contributed by atoms with E-state index in [0.29, 0.717) is 28.6 Å². The minimum Gasteiger partial charge on any atom is -0.487 e. The van der Waals surface area contributed by atoms with Crippen molar-refractivity contribution in [1.82, 2.24) is 0 Å². The van der Waals surface area contributed by atoms with Crippen molar-refractivity contribution < 1.29 is 19.1 Å². The number of amides is 1. The maximum absolute atomic E-state index is 12.3. The molecule has 0 saturated carbocycles. The Bertz CT molecular complexity index is 804. The number of rotatable bonds is 7. The summed E-state index contributed by atoms with van der Waals surface area (Å²) in [6.45, 7) is 3.87. The maximum Gasteiger partial charge on any atom is 0.330 e. The zero-order valence-corrected chi connectivity index (χ0v) is 15.3. The summed E-state index contributed by atoms with van der Waals surface area (Å²) in [5.41, 5.74) is 0.972. The summed E-state index contributed by atoms with van der Waals surface area (Å²) in [4.78, 5) is 23.6. The molecule has 2 rings (SSSR count). The molecule has 26 heavy (non-hydrogen) atoms. The second-order valence-electron chi connectivity index (χ2n) is 5.40. The quantitative estimate of drug-likeness (QED) is 0.574. The lowest BCUT2D eigenvalue weighted by Gasteiger charge is -2.13. The first-order valence-corrected chi connectivity index (χ1v) is 8.55. The van der Waals surface area contributed by atoms with Crippen molar-refractivity contribution in [3.8, 4) is 5.75 Å². The van der Waals surface area contributed by atoms with Gasteiger partial charge in [0, 0.05) is 17.8 Å². The van der Waals surface area contributed by atoms with Gasteiger partial charge in [0.2, 0.25) is 0 Å². The molecule has 0 fully saturated rings. The molecule has 0 bridgehead atoms. The van der Waals surface area contributed by atoms with Gasteiger partial charge < -0.3 is 14.8 Å².